The Bertz CT molecular complexity index is 1210. The molecule has 6 nitrogen and oxygen atoms in total. The number of methoxy groups -OCH3 is 1. The summed E-state index contributed by atoms with van der Waals surface area (Å²) >= 11 is 0. The minimum atomic E-state index is -3.95. The number of esters is 1. The number of halogens is 2. The summed E-state index contributed by atoms with van der Waals surface area (Å²) < 4.78 is 64.2. The third-order valence-corrected chi connectivity index (χ3v) is 5.80. The number of aryl methyl sites for hydroxylation is 1. The van der Waals surface area contributed by atoms with Crippen LogP contribution >= 0.6 is 0 Å². The first kappa shape index (κ1) is 22.2. The fraction of sp³-hybridized carbons (Fsp3) is 0.136. The van der Waals surface area contributed by atoms with Crippen molar-refractivity contribution < 1.29 is 31.5 Å². The van der Waals surface area contributed by atoms with Gasteiger partial charge in [0.1, 0.15) is 12.4 Å². The lowest BCUT2D eigenvalue weighted by molar-refractivity contribution is 0.0599. The number of benzene rings is 3. The molecule has 0 radical (unpaired) electrons. The average Bonchev–Trinajstić information content (AvgIpc) is 2.75. The maximum atomic E-state index is 13.2. The van der Waals surface area contributed by atoms with Crippen LogP contribution in [-0.2, 0) is 21.4 Å². The topological polar surface area (TPSA) is 81.7 Å². The van der Waals surface area contributed by atoms with E-state index in [4.69, 9.17) is 4.74 Å². The van der Waals surface area contributed by atoms with Crippen LogP contribution in [0.25, 0.3) is 0 Å². The van der Waals surface area contributed by atoms with Gasteiger partial charge in [-0.2, -0.15) is 0 Å². The maximum absolute atomic E-state index is 13.2. The fourth-order valence-corrected chi connectivity index (χ4v) is 3.81. The number of carbonyl (C=O) groups is 1. The van der Waals surface area contributed by atoms with E-state index >= 15 is 0 Å². The van der Waals surface area contributed by atoms with Crippen LogP contribution in [0.1, 0.15) is 21.5 Å². The molecule has 0 heterocycles. The molecular weight excluding hydrogens is 428 g/mol. The van der Waals surface area contributed by atoms with Crippen molar-refractivity contribution in [1.82, 2.24) is 0 Å². The van der Waals surface area contributed by atoms with Crippen LogP contribution in [0.3, 0.4) is 0 Å². The first-order valence-corrected chi connectivity index (χ1v) is 10.6. The highest BCUT2D eigenvalue weighted by molar-refractivity contribution is 7.92. The molecule has 31 heavy (non-hydrogen) atoms. The fourth-order valence-electron chi connectivity index (χ4n) is 2.73. The molecule has 0 saturated carbocycles. The smallest absolute Gasteiger partial charge is 0.338 e. The minimum absolute atomic E-state index is 0.0158. The second-order valence-corrected chi connectivity index (χ2v) is 8.32. The SMILES string of the molecule is COC(=O)c1cc(S(=O)(=O)Nc2ccc(OCc3ccc(F)c(F)c3)cc2)ccc1C. The standard InChI is InChI=1S/C22H19F2NO5S/c1-14-3-9-18(12-19(14)22(26)29-2)31(27,28)25-16-5-7-17(8-6-16)30-13-15-4-10-20(23)21(24)11-15/h3-12,25H,13H2,1-2H3. The van der Waals surface area contributed by atoms with E-state index in [9.17, 15) is 22.0 Å². The van der Waals surface area contributed by atoms with Gasteiger partial charge in [-0.25, -0.2) is 22.0 Å². The molecule has 0 unspecified atom stereocenters. The zero-order valence-electron chi connectivity index (χ0n) is 16.7. The van der Waals surface area contributed by atoms with E-state index in [1.165, 1.54) is 55.6 Å². The van der Waals surface area contributed by atoms with Crippen molar-refractivity contribution in [2.45, 2.75) is 18.4 Å². The lowest BCUT2D eigenvalue weighted by Crippen LogP contribution is -2.14. The molecule has 0 aliphatic heterocycles. The highest BCUT2D eigenvalue weighted by Gasteiger charge is 2.18. The van der Waals surface area contributed by atoms with E-state index in [0.29, 0.717) is 16.9 Å². The van der Waals surface area contributed by atoms with E-state index in [-0.39, 0.29) is 22.8 Å². The Morgan fingerprint density at radius 2 is 1.68 bits per heavy atom. The predicted molar refractivity (Wildman–Crippen MR) is 110 cm³/mol. The second kappa shape index (κ2) is 9.13. The van der Waals surface area contributed by atoms with Crippen molar-refractivity contribution in [1.29, 1.82) is 0 Å². The zero-order valence-corrected chi connectivity index (χ0v) is 17.5. The predicted octanol–water partition coefficient (Wildman–Crippen LogP) is 4.44. The molecular formula is C22H19F2NO5S. The number of sulfonamides is 1. The molecule has 162 valence electrons. The van der Waals surface area contributed by atoms with Gasteiger partial charge in [0.05, 0.1) is 17.6 Å². The Hall–Kier alpha value is -3.46. The highest BCUT2D eigenvalue weighted by atomic mass is 32.2. The lowest BCUT2D eigenvalue weighted by Gasteiger charge is -2.11. The summed E-state index contributed by atoms with van der Waals surface area (Å²) in [5, 5.41) is 0. The molecule has 0 aliphatic rings. The Labute approximate surface area is 178 Å². The van der Waals surface area contributed by atoms with E-state index < -0.39 is 27.6 Å². The molecule has 1 N–H and O–H groups in total. The summed E-state index contributed by atoms with van der Waals surface area (Å²) in [6.07, 6.45) is 0. The molecule has 3 aromatic carbocycles. The van der Waals surface area contributed by atoms with Crippen LogP contribution in [0.4, 0.5) is 14.5 Å². The number of ether oxygens (including phenoxy) is 2. The normalized spacial score (nSPS) is 11.1. The molecule has 0 amide bonds. The molecule has 3 aromatic rings. The minimum Gasteiger partial charge on any atom is -0.489 e. The van der Waals surface area contributed by atoms with Crippen LogP contribution in [0.5, 0.6) is 5.75 Å². The monoisotopic (exact) mass is 447 g/mol. The van der Waals surface area contributed by atoms with Crippen LogP contribution in [-0.4, -0.2) is 21.5 Å². The van der Waals surface area contributed by atoms with Crippen molar-refractivity contribution in [3.05, 3.63) is 89.0 Å². The second-order valence-electron chi connectivity index (χ2n) is 6.64. The van der Waals surface area contributed by atoms with Crippen molar-refractivity contribution in [2.24, 2.45) is 0 Å². The largest absolute Gasteiger partial charge is 0.489 e. The first-order chi connectivity index (χ1) is 14.7. The number of anilines is 1. The van der Waals surface area contributed by atoms with Gasteiger partial charge >= 0.3 is 5.97 Å². The van der Waals surface area contributed by atoms with E-state index in [1.54, 1.807) is 6.92 Å². The highest BCUT2D eigenvalue weighted by Crippen LogP contribution is 2.22. The summed E-state index contributed by atoms with van der Waals surface area (Å²) in [6, 6.07) is 13.7. The van der Waals surface area contributed by atoms with Gasteiger partial charge in [0.2, 0.25) is 0 Å². The van der Waals surface area contributed by atoms with Crippen molar-refractivity contribution in [3.63, 3.8) is 0 Å². The third kappa shape index (κ3) is 5.37. The average molecular weight is 447 g/mol. The quantitative estimate of drug-likeness (QED) is 0.542. The van der Waals surface area contributed by atoms with Crippen LogP contribution in [0.15, 0.2) is 65.6 Å². The Morgan fingerprint density at radius 3 is 2.32 bits per heavy atom. The summed E-state index contributed by atoms with van der Waals surface area (Å²) in [5.41, 5.74) is 1.48. The number of nitrogens with one attached hydrogen (secondary N) is 1. The van der Waals surface area contributed by atoms with Gasteiger partial charge < -0.3 is 9.47 Å². The number of carbonyl (C=O) groups excluding carboxylic acids is 1. The van der Waals surface area contributed by atoms with Crippen LogP contribution in [0, 0.1) is 18.6 Å². The summed E-state index contributed by atoms with van der Waals surface area (Å²) in [6.45, 7) is 1.69. The summed E-state index contributed by atoms with van der Waals surface area (Å²) in [4.78, 5) is 11.7. The molecule has 0 bridgehead atoms. The third-order valence-electron chi connectivity index (χ3n) is 4.42. The molecule has 3 rings (SSSR count). The van der Waals surface area contributed by atoms with Gasteiger partial charge in [0.15, 0.2) is 11.6 Å². The zero-order chi connectivity index (χ0) is 22.6. The van der Waals surface area contributed by atoms with Gasteiger partial charge in [0.25, 0.3) is 10.0 Å². The molecule has 0 aliphatic carbocycles. The van der Waals surface area contributed by atoms with Gasteiger partial charge in [-0.15, -0.1) is 0 Å². The van der Waals surface area contributed by atoms with Gasteiger partial charge in [-0.05, 0) is 66.6 Å². The lowest BCUT2D eigenvalue weighted by atomic mass is 10.1. The van der Waals surface area contributed by atoms with Crippen LogP contribution < -0.4 is 9.46 Å². The van der Waals surface area contributed by atoms with Crippen molar-refractivity contribution >= 4 is 21.7 Å². The Balaban J connectivity index is 1.70. The van der Waals surface area contributed by atoms with E-state index in [0.717, 1.165) is 12.1 Å². The molecule has 0 fully saturated rings. The number of hydrogen-bond donors (Lipinski definition) is 1. The first-order valence-electron chi connectivity index (χ1n) is 9.08. The van der Waals surface area contributed by atoms with E-state index in [1.807, 2.05) is 0 Å². The number of hydrogen-bond acceptors (Lipinski definition) is 5. The van der Waals surface area contributed by atoms with Crippen molar-refractivity contribution in [2.75, 3.05) is 11.8 Å². The molecule has 0 atom stereocenters. The Morgan fingerprint density at radius 1 is 0.968 bits per heavy atom. The van der Waals surface area contributed by atoms with Crippen LogP contribution in [0.2, 0.25) is 0 Å². The Kier molecular flexibility index (Phi) is 6.55. The van der Waals surface area contributed by atoms with Crippen molar-refractivity contribution in [3.8, 4) is 5.75 Å². The van der Waals surface area contributed by atoms with Gasteiger partial charge in [0, 0.05) is 5.69 Å². The van der Waals surface area contributed by atoms with Gasteiger partial charge in [-0.1, -0.05) is 12.1 Å². The molecule has 9 heteroatoms. The summed E-state index contributed by atoms with van der Waals surface area (Å²) in [5.74, 6) is -2.11. The molecule has 0 spiro atoms. The number of rotatable bonds is 7. The van der Waals surface area contributed by atoms with Gasteiger partial charge in [-0.3, -0.25) is 4.72 Å². The maximum Gasteiger partial charge on any atom is 0.338 e. The summed E-state index contributed by atoms with van der Waals surface area (Å²) in [7, 11) is -2.73. The molecule has 0 aromatic heterocycles. The van der Waals surface area contributed by atoms with E-state index in [2.05, 4.69) is 9.46 Å². The molecule has 0 saturated heterocycles.